The molecule has 0 saturated heterocycles. The number of halogens is 2. The van der Waals surface area contributed by atoms with Crippen molar-refractivity contribution in [3.05, 3.63) is 52.3 Å². The van der Waals surface area contributed by atoms with Gasteiger partial charge in [-0.3, -0.25) is 0 Å². The van der Waals surface area contributed by atoms with E-state index in [2.05, 4.69) is 4.98 Å². The van der Waals surface area contributed by atoms with E-state index >= 15 is 0 Å². The third kappa shape index (κ3) is 2.01. The number of pyridine rings is 1. The second-order valence-electron chi connectivity index (χ2n) is 3.14. The first-order valence-electron chi connectivity index (χ1n) is 4.54. The van der Waals surface area contributed by atoms with E-state index in [1.54, 1.807) is 6.07 Å². The highest BCUT2D eigenvalue weighted by Gasteiger charge is 2.11. The second kappa shape index (κ2) is 4.52. The van der Waals surface area contributed by atoms with E-state index in [0.717, 1.165) is 5.56 Å². The van der Waals surface area contributed by atoms with Gasteiger partial charge >= 0.3 is 0 Å². The summed E-state index contributed by atoms with van der Waals surface area (Å²) in [5.74, 6) is 0. The summed E-state index contributed by atoms with van der Waals surface area (Å²) in [7, 11) is 0. The average Bonchev–Trinajstić information content (AvgIpc) is 2.29. The molecular weight excluding hydrogens is 243 g/mol. The van der Waals surface area contributed by atoms with Crippen LogP contribution in [0.2, 0.25) is 10.3 Å². The molecule has 0 saturated carbocycles. The van der Waals surface area contributed by atoms with Crippen molar-refractivity contribution in [3.8, 4) is 17.2 Å². The molecule has 0 amide bonds. The Labute approximate surface area is 103 Å². The minimum Gasteiger partial charge on any atom is -0.223 e. The van der Waals surface area contributed by atoms with Gasteiger partial charge in [0.15, 0.2) is 0 Å². The van der Waals surface area contributed by atoms with Gasteiger partial charge in [-0.1, -0.05) is 53.5 Å². The minimum absolute atomic E-state index is 0.133. The van der Waals surface area contributed by atoms with E-state index in [4.69, 9.17) is 28.5 Å². The minimum atomic E-state index is 0.133. The van der Waals surface area contributed by atoms with Crippen LogP contribution in [0.3, 0.4) is 0 Å². The molecule has 0 spiro atoms. The lowest BCUT2D eigenvalue weighted by Gasteiger charge is -2.05. The second-order valence-corrected chi connectivity index (χ2v) is 3.88. The molecule has 1 heterocycles. The highest BCUT2D eigenvalue weighted by atomic mass is 35.5. The third-order valence-corrected chi connectivity index (χ3v) is 2.61. The Balaban J connectivity index is 2.70. The standard InChI is InChI=1S/C12H6Cl2N2/c13-11-6-9(8-4-2-1-3-5-8)10(7-15)12(14)16-11/h1-6H. The summed E-state index contributed by atoms with van der Waals surface area (Å²) in [5.41, 5.74) is 1.94. The van der Waals surface area contributed by atoms with Gasteiger partial charge in [0, 0.05) is 5.56 Å². The monoisotopic (exact) mass is 248 g/mol. The molecule has 0 N–H and O–H groups in total. The van der Waals surface area contributed by atoms with E-state index < -0.39 is 0 Å². The lowest BCUT2D eigenvalue weighted by atomic mass is 10.0. The average molecular weight is 249 g/mol. The van der Waals surface area contributed by atoms with Crippen LogP contribution in [-0.4, -0.2) is 4.98 Å². The summed E-state index contributed by atoms with van der Waals surface area (Å²) < 4.78 is 0. The van der Waals surface area contributed by atoms with Crippen molar-refractivity contribution in [3.63, 3.8) is 0 Å². The van der Waals surface area contributed by atoms with E-state index in [1.807, 2.05) is 36.4 Å². The zero-order valence-corrected chi connectivity index (χ0v) is 9.63. The fraction of sp³-hybridized carbons (Fsp3) is 0. The van der Waals surface area contributed by atoms with Crippen molar-refractivity contribution in [1.82, 2.24) is 4.98 Å². The van der Waals surface area contributed by atoms with Gasteiger partial charge in [0.05, 0.1) is 5.56 Å². The SMILES string of the molecule is N#Cc1c(-c2ccccc2)cc(Cl)nc1Cl. The van der Waals surface area contributed by atoms with Gasteiger partial charge in [0.2, 0.25) is 0 Å². The summed E-state index contributed by atoms with van der Waals surface area (Å²) in [4.78, 5) is 3.84. The molecular formula is C12H6Cl2N2. The maximum Gasteiger partial charge on any atom is 0.149 e. The Morgan fingerprint density at radius 3 is 2.44 bits per heavy atom. The van der Waals surface area contributed by atoms with E-state index in [9.17, 15) is 0 Å². The van der Waals surface area contributed by atoms with Crippen LogP contribution in [0.25, 0.3) is 11.1 Å². The lowest BCUT2D eigenvalue weighted by molar-refractivity contribution is 1.30. The number of hydrogen-bond acceptors (Lipinski definition) is 2. The Morgan fingerprint density at radius 1 is 1.12 bits per heavy atom. The molecule has 2 nitrogen and oxygen atoms in total. The van der Waals surface area contributed by atoms with Crippen LogP contribution in [0.15, 0.2) is 36.4 Å². The molecule has 16 heavy (non-hydrogen) atoms. The van der Waals surface area contributed by atoms with Crippen LogP contribution in [-0.2, 0) is 0 Å². The maximum atomic E-state index is 9.03. The van der Waals surface area contributed by atoms with Crippen LogP contribution < -0.4 is 0 Å². The van der Waals surface area contributed by atoms with E-state index in [0.29, 0.717) is 11.1 Å². The molecule has 0 aliphatic heterocycles. The van der Waals surface area contributed by atoms with Gasteiger partial charge in [-0.25, -0.2) is 4.98 Å². The number of benzene rings is 1. The molecule has 0 radical (unpaired) electrons. The van der Waals surface area contributed by atoms with Crippen molar-refractivity contribution >= 4 is 23.2 Å². The van der Waals surface area contributed by atoms with Gasteiger partial charge in [-0.05, 0) is 11.6 Å². The van der Waals surface area contributed by atoms with Crippen LogP contribution in [0.4, 0.5) is 0 Å². The highest BCUT2D eigenvalue weighted by molar-refractivity contribution is 6.33. The Bertz CT molecular complexity index is 559. The summed E-state index contributed by atoms with van der Waals surface area (Å²) in [6, 6.07) is 13.1. The highest BCUT2D eigenvalue weighted by Crippen LogP contribution is 2.29. The summed E-state index contributed by atoms with van der Waals surface area (Å²) in [6.07, 6.45) is 0. The first kappa shape index (κ1) is 10.9. The Kier molecular flexibility index (Phi) is 3.09. The predicted molar refractivity (Wildman–Crippen MR) is 64.4 cm³/mol. The van der Waals surface area contributed by atoms with Crippen molar-refractivity contribution < 1.29 is 0 Å². The molecule has 0 unspecified atom stereocenters. The molecule has 2 aromatic rings. The zero-order chi connectivity index (χ0) is 11.5. The number of nitrogens with zero attached hydrogens (tertiary/aromatic N) is 2. The molecule has 4 heteroatoms. The van der Waals surface area contributed by atoms with Gasteiger partial charge in [0.1, 0.15) is 16.4 Å². The van der Waals surface area contributed by atoms with Gasteiger partial charge < -0.3 is 0 Å². The number of rotatable bonds is 1. The van der Waals surface area contributed by atoms with E-state index in [1.165, 1.54) is 0 Å². The van der Waals surface area contributed by atoms with Gasteiger partial charge in [0.25, 0.3) is 0 Å². The summed E-state index contributed by atoms with van der Waals surface area (Å²) in [6.45, 7) is 0. The van der Waals surface area contributed by atoms with Crippen LogP contribution in [0, 0.1) is 11.3 Å². The van der Waals surface area contributed by atoms with Crippen molar-refractivity contribution in [1.29, 1.82) is 5.26 Å². The number of aromatic nitrogens is 1. The molecule has 0 bridgehead atoms. The van der Waals surface area contributed by atoms with Crippen molar-refractivity contribution in [2.45, 2.75) is 0 Å². The topological polar surface area (TPSA) is 36.7 Å². The molecule has 78 valence electrons. The maximum absolute atomic E-state index is 9.03. The largest absolute Gasteiger partial charge is 0.223 e. The van der Waals surface area contributed by atoms with Gasteiger partial charge in [-0.15, -0.1) is 0 Å². The first-order chi connectivity index (χ1) is 7.72. The number of nitriles is 1. The lowest BCUT2D eigenvalue weighted by Crippen LogP contribution is -1.89. The zero-order valence-electron chi connectivity index (χ0n) is 8.11. The Hall–Kier alpha value is -1.56. The van der Waals surface area contributed by atoms with Gasteiger partial charge in [-0.2, -0.15) is 5.26 Å². The molecule has 0 aliphatic carbocycles. The van der Waals surface area contributed by atoms with Crippen LogP contribution in [0.5, 0.6) is 0 Å². The number of hydrogen-bond donors (Lipinski definition) is 0. The summed E-state index contributed by atoms with van der Waals surface area (Å²) in [5, 5.41) is 9.45. The van der Waals surface area contributed by atoms with E-state index in [-0.39, 0.29) is 10.3 Å². The molecule has 0 atom stereocenters. The van der Waals surface area contributed by atoms with Crippen molar-refractivity contribution in [2.75, 3.05) is 0 Å². The quantitative estimate of drug-likeness (QED) is 0.718. The fourth-order valence-corrected chi connectivity index (χ4v) is 1.91. The molecule has 1 aromatic heterocycles. The van der Waals surface area contributed by atoms with Crippen LogP contribution >= 0.6 is 23.2 Å². The predicted octanol–water partition coefficient (Wildman–Crippen LogP) is 3.93. The fourth-order valence-electron chi connectivity index (χ4n) is 1.44. The molecule has 0 aliphatic rings. The first-order valence-corrected chi connectivity index (χ1v) is 5.29. The summed E-state index contributed by atoms with van der Waals surface area (Å²) >= 11 is 11.7. The third-order valence-electron chi connectivity index (χ3n) is 2.14. The van der Waals surface area contributed by atoms with Crippen LogP contribution in [0.1, 0.15) is 5.56 Å². The molecule has 1 aromatic carbocycles. The molecule has 2 rings (SSSR count). The Morgan fingerprint density at radius 2 is 1.81 bits per heavy atom. The normalized spacial score (nSPS) is 9.81. The van der Waals surface area contributed by atoms with Crippen molar-refractivity contribution in [2.24, 2.45) is 0 Å². The smallest absolute Gasteiger partial charge is 0.149 e. The molecule has 0 fully saturated rings.